The molecule has 4 rings (SSSR count). The van der Waals surface area contributed by atoms with E-state index in [2.05, 4.69) is 22.2 Å². The molecule has 0 atom stereocenters. The number of carboxylic acids is 1. The van der Waals surface area contributed by atoms with Gasteiger partial charge in [-0.2, -0.15) is 5.10 Å². The van der Waals surface area contributed by atoms with Crippen molar-refractivity contribution in [1.82, 2.24) is 14.8 Å². The first-order chi connectivity index (χ1) is 12.5. The quantitative estimate of drug-likeness (QED) is 0.542. The highest BCUT2D eigenvalue weighted by atomic mass is 32.1. The van der Waals surface area contributed by atoms with E-state index in [0.717, 1.165) is 46.1 Å². The summed E-state index contributed by atoms with van der Waals surface area (Å²) in [4.78, 5) is 18.2. The van der Waals surface area contributed by atoms with Gasteiger partial charge in [0.1, 0.15) is 0 Å². The van der Waals surface area contributed by atoms with E-state index < -0.39 is 5.97 Å². The Morgan fingerprint density at radius 3 is 2.88 bits per heavy atom. The molecule has 8 heteroatoms. The minimum absolute atomic E-state index is 0.0433. The highest BCUT2D eigenvalue weighted by Crippen LogP contribution is 2.33. The van der Waals surface area contributed by atoms with E-state index in [1.807, 2.05) is 19.1 Å². The third-order valence-corrected chi connectivity index (χ3v) is 5.50. The number of aromatic nitrogens is 3. The highest BCUT2D eigenvalue weighted by molar-refractivity contribution is 7.22. The number of hydrogen-bond donors (Lipinski definition) is 2. The summed E-state index contributed by atoms with van der Waals surface area (Å²) in [5.41, 5.74) is 9.43. The second kappa shape index (κ2) is 6.45. The van der Waals surface area contributed by atoms with Crippen LogP contribution in [0, 0.1) is 6.92 Å². The highest BCUT2D eigenvalue weighted by Gasteiger charge is 2.17. The lowest BCUT2D eigenvalue weighted by molar-refractivity contribution is 0.0689. The molecule has 0 radical (unpaired) electrons. The van der Waals surface area contributed by atoms with Crippen molar-refractivity contribution in [3.63, 3.8) is 0 Å². The molecule has 0 aliphatic carbocycles. The maximum Gasteiger partial charge on any atom is 0.356 e. The fourth-order valence-corrected chi connectivity index (χ4v) is 4.21. The van der Waals surface area contributed by atoms with E-state index in [9.17, 15) is 4.79 Å². The van der Waals surface area contributed by atoms with Crippen LogP contribution in [0.3, 0.4) is 0 Å². The minimum Gasteiger partial charge on any atom is -0.476 e. The minimum atomic E-state index is -1.03. The lowest BCUT2D eigenvalue weighted by Crippen LogP contribution is -2.26. The van der Waals surface area contributed by atoms with Crippen molar-refractivity contribution < 1.29 is 9.90 Å². The smallest absolute Gasteiger partial charge is 0.356 e. The fraction of sp³-hybridized carbons (Fsp3) is 0.278. The molecule has 1 aliphatic heterocycles. The Morgan fingerprint density at radius 1 is 1.35 bits per heavy atom. The van der Waals surface area contributed by atoms with Gasteiger partial charge in [-0.1, -0.05) is 23.5 Å². The predicted octanol–water partition coefficient (Wildman–Crippen LogP) is 2.90. The van der Waals surface area contributed by atoms with Crippen LogP contribution in [-0.2, 0) is 6.54 Å². The predicted molar refractivity (Wildman–Crippen MR) is 103 cm³/mol. The first-order valence-corrected chi connectivity index (χ1v) is 9.19. The third kappa shape index (κ3) is 3.03. The Morgan fingerprint density at radius 2 is 2.19 bits per heavy atom. The number of anilines is 2. The van der Waals surface area contributed by atoms with Gasteiger partial charge >= 0.3 is 5.97 Å². The molecule has 3 heterocycles. The monoisotopic (exact) mass is 369 g/mol. The molecular formula is C18H19N5O2S. The maximum atomic E-state index is 11.1. The Hall–Kier alpha value is -2.87. The number of nitrogens with two attached hydrogens (primary N) is 1. The molecule has 26 heavy (non-hydrogen) atoms. The van der Waals surface area contributed by atoms with Gasteiger partial charge in [-0.15, -0.1) is 0 Å². The van der Waals surface area contributed by atoms with Gasteiger partial charge in [0.25, 0.3) is 0 Å². The standard InChI is InChI=1S/C18H19N5O2S/c1-11-7-14(17(24)25)21-23(11)10-12-8-13(19)9-15-16(12)20-18(26-15)22-5-3-2-4-6-22/h2-3,7-9H,4-6,10,19H2,1H3,(H,24,25). The van der Waals surface area contributed by atoms with E-state index >= 15 is 0 Å². The molecular weight excluding hydrogens is 350 g/mol. The second-order valence-corrected chi connectivity index (χ2v) is 7.37. The zero-order valence-corrected chi connectivity index (χ0v) is 15.2. The summed E-state index contributed by atoms with van der Waals surface area (Å²) in [6.07, 6.45) is 5.37. The molecule has 3 aromatic rings. The normalized spacial score (nSPS) is 14.3. The molecule has 3 N–H and O–H groups in total. The zero-order chi connectivity index (χ0) is 18.3. The van der Waals surface area contributed by atoms with Crippen molar-refractivity contribution >= 4 is 38.3 Å². The van der Waals surface area contributed by atoms with Crippen molar-refractivity contribution in [3.05, 3.63) is 47.3 Å². The van der Waals surface area contributed by atoms with Crippen molar-refractivity contribution in [2.75, 3.05) is 23.7 Å². The van der Waals surface area contributed by atoms with Crippen LogP contribution in [0.25, 0.3) is 10.2 Å². The molecule has 0 amide bonds. The Balaban J connectivity index is 1.73. The average Bonchev–Trinajstić information content (AvgIpc) is 3.20. The van der Waals surface area contributed by atoms with Crippen molar-refractivity contribution in [1.29, 1.82) is 0 Å². The van der Waals surface area contributed by atoms with Crippen LogP contribution in [0.4, 0.5) is 10.8 Å². The number of aromatic carboxylic acids is 1. The molecule has 2 aromatic heterocycles. The number of rotatable bonds is 4. The van der Waals surface area contributed by atoms with E-state index in [0.29, 0.717) is 12.2 Å². The zero-order valence-electron chi connectivity index (χ0n) is 14.3. The third-order valence-electron chi connectivity index (χ3n) is 4.43. The first-order valence-electron chi connectivity index (χ1n) is 8.38. The molecule has 1 aromatic carbocycles. The summed E-state index contributed by atoms with van der Waals surface area (Å²) in [7, 11) is 0. The Labute approximate surface area is 154 Å². The molecule has 0 saturated heterocycles. The molecule has 0 bridgehead atoms. The van der Waals surface area contributed by atoms with Crippen LogP contribution in [0.1, 0.15) is 28.2 Å². The molecule has 0 spiro atoms. The van der Waals surface area contributed by atoms with E-state index in [1.165, 1.54) is 0 Å². The molecule has 1 aliphatic rings. The van der Waals surface area contributed by atoms with Gasteiger partial charge in [0.2, 0.25) is 0 Å². The average molecular weight is 369 g/mol. The topological polar surface area (TPSA) is 97.3 Å². The summed E-state index contributed by atoms with van der Waals surface area (Å²) in [6, 6.07) is 5.40. The van der Waals surface area contributed by atoms with Crippen LogP contribution in [-0.4, -0.2) is 38.9 Å². The maximum absolute atomic E-state index is 11.1. The summed E-state index contributed by atoms with van der Waals surface area (Å²) in [5.74, 6) is -1.03. The van der Waals surface area contributed by atoms with Gasteiger partial charge in [0.05, 0.1) is 16.8 Å². The van der Waals surface area contributed by atoms with E-state index in [-0.39, 0.29) is 5.69 Å². The molecule has 0 fully saturated rings. The number of thiazole rings is 1. The molecule has 134 valence electrons. The SMILES string of the molecule is Cc1cc(C(=O)O)nn1Cc1cc(N)cc2sc(N3CC=CCC3)nc12. The number of hydrogen-bond acceptors (Lipinski definition) is 6. The van der Waals surface area contributed by atoms with Gasteiger partial charge in [0, 0.05) is 30.0 Å². The summed E-state index contributed by atoms with van der Waals surface area (Å²) >= 11 is 1.63. The fourth-order valence-electron chi connectivity index (χ4n) is 3.12. The number of benzene rings is 1. The Bertz CT molecular complexity index is 1020. The number of carboxylic acid groups (broad SMARTS) is 1. The molecule has 0 unspecified atom stereocenters. The van der Waals surface area contributed by atoms with Gasteiger partial charge in [-0.05, 0) is 31.5 Å². The summed E-state index contributed by atoms with van der Waals surface area (Å²) in [5, 5.41) is 14.3. The van der Waals surface area contributed by atoms with Gasteiger partial charge in [-0.25, -0.2) is 9.78 Å². The van der Waals surface area contributed by atoms with Crippen LogP contribution in [0.5, 0.6) is 0 Å². The van der Waals surface area contributed by atoms with Crippen molar-refractivity contribution in [3.8, 4) is 0 Å². The number of nitrogen functional groups attached to an aromatic ring is 1. The van der Waals surface area contributed by atoms with Crippen LogP contribution >= 0.6 is 11.3 Å². The van der Waals surface area contributed by atoms with Gasteiger partial charge in [0.15, 0.2) is 10.8 Å². The van der Waals surface area contributed by atoms with Crippen molar-refractivity contribution in [2.45, 2.75) is 19.9 Å². The number of carbonyl (C=O) groups is 1. The summed E-state index contributed by atoms with van der Waals surface area (Å²) < 4.78 is 2.72. The lowest BCUT2D eigenvalue weighted by atomic mass is 10.1. The van der Waals surface area contributed by atoms with E-state index in [1.54, 1.807) is 22.1 Å². The number of nitrogens with zero attached hydrogens (tertiary/aromatic N) is 4. The number of aryl methyl sites for hydroxylation is 1. The van der Waals surface area contributed by atoms with Crippen LogP contribution in [0.15, 0.2) is 30.4 Å². The Kier molecular flexibility index (Phi) is 4.12. The largest absolute Gasteiger partial charge is 0.476 e. The van der Waals surface area contributed by atoms with Crippen LogP contribution < -0.4 is 10.6 Å². The molecule has 0 saturated carbocycles. The van der Waals surface area contributed by atoms with Crippen molar-refractivity contribution in [2.24, 2.45) is 0 Å². The van der Waals surface area contributed by atoms with Gasteiger partial charge < -0.3 is 15.7 Å². The summed E-state index contributed by atoms with van der Waals surface area (Å²) in [6.45, 7) is 4.10. The van der Waals surface area contributed by atoms with E-state index in [4.69, 9.17) is 15.8 Å². The van der Waals surface area contributed by atoms with Gasteiger partial charge in [-0.3, -0.25) is 4.68 Å². The molecule has 7 nitrogen and oxygen atoms in total. The number of fused-ring (bicyclic) bond motifs is 1. The first kappa shape index (κ1) is 16.6. The lowest BCUT2D eigenvalue weighted by Gasteiger charge is -2.22. The van der Waals surface area contributed by atoms with Crippen LogP contribution in [0.2, 0.25) is 0 Å². The second-order valence-electron chi connectivity index (χ2n) is 6.36.